The van der Waals surface area contributed by atoms with Crippen LogP contribution in [0, 0.1) is 5.92 Å². The first kappa shape index (κ1) is 19.8. The number of aromatic nitrogens is 4. The zero-order chi connectivity index (χ0) is 20.3. The van der Waals surface area contributed by atoms with Crippen molar-refractivity contribution >= 4 is 12.0 Å². The molecule has 0 aliphatic carbocycles. The lowest BCUT2D eigenvalue weighted by molar-refractivity contribution is -0.126. The van der Waals surface area contributed by atoms with Crippen LogP contribution in [0.1, 0.15) is 39.5 Å². The number of likely N-dealkylation sites (tertiary alicyclic amines) is 1. The second kappa shape index (κ2) is 7.99. The van der Waals surface area contributed by atoms with Crippen LogP contribution in [0.25, 0.3) is 11.4 Å². The third-order valence-electron chi connectivity index (χ3n) is 4.36. The van der Waals surface area contributed by atoms with Crippen LogP contribution in [-0.4, -0.2) is 55.5 Å². The van der Waals surface area contributed by atoms with Crippen molar-refractivity contribution in [2.75, 3.05) is 13.1 Å². The van der Waals surface area contributed by atoms with Gasteiger partial charge in [0.15, 0.2) is 0 Å². The molecule has 0 unspecified atom stereocenters. The van der Waals surface area contributed by atoms with Crippen LogP contribution < -0.4 is 5.32 Å². The van der Waals surface area contributed by atoms with Gasteiger partial charge in [-0.25, -0.2) is 4.79 Å². The number of nitrogens with zero attached hydrogens (tertiary/aromatic N) is 5. The molecule has 10 nitrogen and oxygen atoms in total. The number of carbonyl (C=O) groups excluding carboxylic acids is 2. The average molecular weight is 390 g/mol. The Bertz CT molecular complexity index is 829. The lowest BCUT2D eigenvalue weighted by Crippen LogP contribution is -2.44. The number of amides is 2. The molecule has 1 fully saturated rings. The molecular weight excluding hydrogens is 364 g/mol. The minimum Gasteiger partial charge on any atom is -0.444 e. The molecule has 1 aliphatic heterocycles. The Morgan fingerprint density at radius 3 is 2.64 bits per heavy atom. The van der Waals surface area contributed by atoms with Crippen molar-refractivity contribution < 1.29 is 18.8 Å². The lowest BCUT2D eigenvalue weighted by Gasteiger charge is -2.32. The molecular formula is C18H26N6O4. The zero-order valence-corrected chi connectivity index (χ0v) is 16.6. The van der Waals surface area contributed by atoms with Crippen LogP contribution in [0.3, 0.4) is 0 Å². The monoisotopic (exact) mass is 390 g/mol. The van der Waals surface area contributed by atoms with Gasteiger partial charge in [0.1, 0.15) is 5.60 Å². The van der Waals surface area contributed by atoms with E-state index in [2.05, 4.69) is 20.6 Å². The van der Waals surface area contributed by atoms with E-state index in [1.807, 2.05) is 20.8 Å². The highest BCUT2D eigenvalue weighted by molar-refractivity contribution is 5.79. The molecule has 0 atom stereocenters. The van der Waals surface area contributed by atoms with E-state index in [0.29, 0.717) is 37.6 Å². The van der Waals surface area contributed by atoms with Gasteiger partial charge in [0.2, 0.25) is 17.6 Å². The van der Waals surface area contributed by atoms with Gasteiger partial charge < -0.3 is 19.5 Å². The first-order chi connectivity index (χ1) is 13.2. The maximum Gasteiger partial charge on any atom is 0.410 e. The summed E-state index contributed by atoms with van der Waals surface area (Å²) in [5.74, 6) is 0.533. The number of hydrogen-bond donors (Lipinski definition) is 1. The molecule has 0 aromatic carbocycles. The van der Waals surface area contributed by atoms with Gasteiger partial charge >= 0.3 is 6.09 Å². The molecule has 10 heteroatoms. The van der Waals surface area contributed by atoms with Crippen LogP contribution in [0.2, 0.25) is 0 Å². The molecule has 1 aliphatic rings. The molecule has 2 aromatic rings. The minimum absolute atomic E-state index is 0.0787. The van der Waals surface area contributed by atoms with Crippen molar-refractivity contribution in [3.63, 3.8) is 0 Å². The third kappa shape index (κ3) is 5.08. The fourth-order valence-electron chi connectivity index (χ4n) is 2.94. The highest BCUT2D eigenvalue weighted by Gasteiger charge is 2.30. The van der Waals surface area contributed by atoms with Crippen molar-refractivity contribution in [3.8, 4) is 11.4 Å². The first-order valence-corrected chi connectivity index (χ1v) is 9.28. The Kier molecular flexibility index (Phi) is 5.66. The smallest absolute Gasteiger partial charge is 0.410 e. The van der Waals surface area contributed by atoms with Crippen LogP contribution in [0.5, 0.6) is 0 Å². The standard InChI is InChI=1S/C18H26N6O4/c1-18(2,3)27-17(26)24-7-5-12(6-8-24)16(25)19-10-14-21-15(22-28-14)13-9-20-23(4)11-13/h9,11-12H,5-8,10H2,1-4H3,(H,19,25). The summed E-state index contributed by atoms with van der Waals surface area (Å²) in [5, 5.41) is 10.8. The van der Waals surface area contributed by atoms with Gasteiger partial charge in [0.05, 0.1) is 18.3 Å². The average Bonchev–Trinajstić information content (AvgIpc) is 3.27. The van der Waals surface area contributed by atoms with Crippen LogP contribution in [-0.2, 0) is 23.1 Å². The Labute approximate surface area is 163 Å². The highest BCUT2D eigenvalue weighted by Crippen LogP contribution is 2.20. The molecule has 3 heterocycles. The van der Waals surface area contributed by atoms with E-state index in [1.54, 1.807) is 29.0 Å². The van der Waals surface area contributed by atoms with E-state index in [0.717, 1.165) is 5.56 Å². The fourth-order valence-corrected chi connectivity index (χ4v) is 2.94. The quantitative estimate of drug-likeness (QED) is 0.845. The van der Waals surface area contributed by atoms with Gasteiger partial charge in [-0.15, -0.1) is 0 Å². The number of piperidine rings is 1. The van der Waals surface area contributed by atoms with Crippen molar-refractivity contribution in [1.29, 1.82) is 0 Å². The predicted molar refractivity (Wildman–Crippen MR) is 98.9 cm³/mol. The number of nitrogens with one attached hydrogen (secondary N) is 1. The summed E-state index contributed by atoms with van der Waals surface area (Å²) < 4.78 is 12.2. The maximum absolute atomic E-state index is 12.4. The Morgan fingerprint density at radius 2 is 2.04 bits per heavy atom. The number of ether oxygens (including phenoxy) is 1. The summed E-state index contributed by atoms with van der Waals surface area (Å²) in [7, 11) is 1.80. The van der Waals surface area contributed by atoms with Crippen molar-refractivity contribution in [2.45, 2.75) is 45.8 Å². The van der Waals surface area contributed by atoms with E-state index in [-0.39, 0.29) is 24.5 Å². The lowest BCUT2D eigenvalue weighted by atomic mass is 9.96. The summed E-state index contributed by atoms with van der Waals surface area (Å²) in [4.78, 5) is 30.4. The van der Waals surface area contributed by atoms with Gasteiger partial charge in [-0.1, -0.05) is 5.16 Å². The number of aryl methyl sites for hydroxylation is 1. The first-order valence-electron chi connectivity index (χ1n) is 9.28. The predicted octanol–water partition coefficient (Wildman–Crippen LogP) is 1.73. The van der Waals surface area contributed by atoms with Gasteiger partial charge in [0.25, 0.3) is 0 Å². The summed E-state index contributed by atoms with van der Waals surface area (Å²) in [6.07, 6.45) is 4.28. The van der Waals surface area contributed by atoms with E-state index >= 15 is 0 Å². The van der Waals surface area contributed by atoms with Crippen LogP contribution in [0.4, 0.5) is 4.79 Å². The molecule has 152 valence electrons. The minimum atomic E-state index is -0.524. The highest BCUT2D eigenvalue weighted by atomic mass is 16.6. The van der Waals surface area contributed by atoms with Crippen molar-refractivity contribution in [2.24, 2.45) is 13.0 Å². The summed E-state index contributed by atoms with van der Waals surface area (Å²) in [6, 6.07) is 0. The van der Waals surface area contributed by atoms with Gasteiger partial charge in [-0.3, -0.25) is 9.48 Å². The topological polar surface area (TPSA) is 115 Å². The Hall–Kier alpha value is -2.91. The van der Waals surface area contributed by atoms with E-state index in [9.17, 15) is 9.59 Å². The van der Waals surface area contributed by atoms with Crippen molar-refractivity contribution in [1.82, 2.24) is 30.1 Å². The molecule has 1 saturated heterocycles. The molecule has 2 amide bonds. The molecule has 0 saturated carbocycles. The van der Waals surface area contributed by atoms with Gasteiger partial charge in [0, 0.05) is 32.3 Å². The summed E-state index contributed by atoms with van der Waals surface area (Å²) in [6.45, 7) is 6.67. The molecule has 2 aromatic heterocycles. The SMILES string of the molecule is Cn1cc(-c2noc(CNC(=O)C3CCN(C(=O)OC(C)(C)C)CC3)n2)cn1. The molecule has 0 spiro atoms. The normalized spacial score (nSPS) is 15.5. The summed E-state index contributed by atoms with van der Waals surface area (Å²) >= 11 is 0. The van der Waals surface area contributed by atoms with Gasteiger partial charge in [-0.05, 0) is 33.6 Å². The van der Waals surface area contributed by atoms with E-state index in [4.69, 9.17) is 9.26 Å². The van der Waals surface area contributed by atoms with E-state index < -0.39 is 5.60 Å². The maximum atomic E-state index is 12.4. The third-order valence-corrected chi connectivity index (χ3v) is 4.36. The number of hydrogen-bond acceptors (Lipinski definition) is 7. The second-order valence-corrected chi connectivity index (χ2v) is 7.87. The molecule has 0 radical (unpaired) electrons. The molecule has 3 rings (SSSR count). The largest absolute Gasteiger partial charge is 0.444 e. The Balaban J connectivity index is 1.45. The fraction of sp³-hybridized carbons (Fsp3) is 0.611. The number of carbonyl (C=O) groups is 2. The van der Waals surface area contributed by atoms with Crippen LogP contribution in [0.15, 0.2) is 16.9 Å². The zero-order valence-electron chi connectivity index (χ0n) is 16.6. The summed E-state index contributed by atoms with van der Waals surface area (Å²) in [5.41, 5.74) is 0.225. The molecule has 1 N–H and O–H groups in total. The van der Waals surface area contributed by atoms with E-state index in [1.165, 1.54) is 0 Å². The number of rotatable bonds is 4. The molecule has 0 bridgehead atoms. The second-order valence-electron chi connectivity index (χ2n) is 7.87. The molecule has 28 heavy (non-hydrogen) atoms. The Morgan fingerprint density at radius 1 is 1.32 bits per heavy atom. The van der Waals surface area contributed by atoms with Gasteiger partial charge in [-0.2, -0.15) is 10.1 Å². The van der Waals surface area contributed by atoms with Crippen molar-refractivity contribution in [3.05, 3.63) is 18.3 Å². The van der Waals surface area contributed by atoms with Crippen LogP contribution >= 0.6 is 0 Å².